The number of carboxylic acid groups (broad SMARTS) is 1. The highest BCUT2D eigenvalue weighted by atomic mass is 16.5. The predicted octanol–water partition coefficient (Wildman–Crippen LogP) is 4.25. The van der Waals surface area contributed by atoms with Gasteiger partial charge in [-0.3, -0.25) is 14.4 Å². The van der Waals surface area contributed by atoms with Gasteiger partial charge in [-0.15, -0.1) is 0 Å². The highest BCUT2D eigenvalue weighted by Crippen LogP contribution is 2.16. The summed E-state index contributed by atoms with van der Waals surface area (Å²) in [6, 6.07) is -1.38. The van der Waals surface area contributed by atoms with Crippen LogP contribution in [0.15, 0.2) is 0 Å². The Morgan fingerprint density at radius 3 is 1.89 bits per heavy atom. The first-order chi connectivity index (χ1) is 17.3. The van der Waals surface area contributed by atoms with Gasteiger partial charge in [-0.1, -0.05) is 78.1 Å². The Bertz CT molecular complexity index is 613. The molecule has 0 aromatic rings. The van der Waals surface area contributed by atoms with E-state index in [1.54, 1.807) is 0 Å². The van der Waals surface area contributed by atoms with Crippen LogP contribution in [-0.2, 0) is 23.9 Å². The minimum absolute atomic E-state index is 0.0716. The summed E-state index contributed by atoms with van der Waals surface area (Å²) >= 11 is 0. The number of rotatable bonds is 24. The van der Waals surface area contributed by atoms with Crippen molar-refractivity contribution < 1.29 is 34.1 Å². The van der Waals surface area contributed by atoms with Gasteiger partial charge in [-0.2, -0.15) is 0 Å². The molecule has 0 fully saturated rings. The second-order valence-electron chi connectivity index (χ2n) is 9.50. The average Bonchev–Trinajstić information content (AvgIpc) is 2.85. The largest absolute Gasteiger partial charge is 0.480 e. The van der Waals surface area contributed by atoms with Crippen LogP contribution in [0, 0.1) is 0 Å². The third-order valence-electron chi connectivity index (χ3n) is 6.10. The molecular formula is C27H50N2O7. The van der Waals surface area contributed by atoms with Crippen LogP contribution in [0.2, 0.25) is 0 Å². The van der Waals surface area contributed by atoms with E-state index in [-0.39, 0.29) is 30.9 Å². The molecule has 2 amide bonds. The van der Waals surface area contributed by atoms with Gasteiger partial charge in [0, 0.05) is 12.8 Å². The maximum Gasteiger partial charge on any atom is 0.328 e. The summed E-state index contributed by atoms with van der Waals surface area (Å²) in [6.45, 7) is 3.27. The van der Waals surface area contributed by atoms with Crippen LogP contribution in [0.5, 0.6) is 0 Å². The lowest BCUT2D eigenvalue weighted by molar-refractivity contribution is -0.150. The monoisotopic (exact) mass is 514 g/mol. The fraction of sp³-hybridized carbons (Fsp3) is 0.852. The number of unbranched alkanes of at least 4 members (excludes halogenated alkanes) is 10. The van der Waals surface area contributed by atoms with E-state index in [1.165, 1.54) is 38.5 Å². The number of carboxylic acids is 1. The van der Waals surface area contributed by atoms with Crippen LogP contribution < -0.4 is 10.6 Å². The van der Waals surface area contributed by atoms with Crippen molar-refractivity contribution in [1.29, 1.82) is 0 Å². The van der Waals surface area contributed by atoms with E-state index in [0.717, 1.165) is 51.4 Å². The maximum atomic E-state index is 12.3. The number of aliphatic hydroxyl groups is 1. The van der Waals surface area contributed by atoms with Crippen molar-refractivity contribution in [2.45, 2.75) is 135 Å². The van der Waals surface area contributed by atoms with Crippen molar-refractivity contribution in [3.8, 4) is 0 Å². The van der Waals surface area contributed by atoms with E-state index < -0.39 is 24.5 Å². The molecule has 0 rings (SSSR count). The van der Waals surface area contributed by atoms with Crippen LogP contribution in [0.3, 0.4) is 0 Å². The maximum absolute atomic E-state index is 12.3. The van der Waals surface area contributed by atoms with Crippen molar-refractivity contribution in [3.63, 3.8) is 0 Å². The van der Waals surface area contributed by atoms with E-state index in [0.29, 0.717) is 12.8 Å². The van der Waals surface area contributed by atoms with Gasteiger partial charge >= 0.3 is 11.9 Å². The summed E-state index contributed by atoms with van der Waals surface area (Å²) in [5.41, 5.74) is 0. The van der Waals surface area contributed by atoms with Crippen molar-refractivity contribution in [2.75, 3.05) is 13.2 Å². The van der Waals surface area contributed by atoms with Crippen LogP contribution >= 0.6 is 0 Å². The van der Waals surface area contributed by atoms with Crippen LogP contribution in [0.4, 0.5) is 0 Å². The molecule has 0 radical (unpaired) electrons. The molecule has 0 aromatic heterocycles. The Morgan fingerprint density at radius 2 is 1.28 bits per heavy atom. The number of esters is 1. The molecule has 0 spiro atoms. The zero-order chi connectivity index (χ0) is 27.0. The lowest BCUT2D eigenvalue weighted by atomic mass is 10.0. The lowest BCUT2D eigenvalue weighted by Gasteiger charge is -2.18. The van der Waals surface area contributed by atoms with Crippen LogP contribution in [-0.4, -0.2) is 59.3 Å². The molecule has 0 saturated heterocycles. The number of nitrogens with one attached hydrogen (secondary N) is 2. The van der Waals surface area contributed by atoms with Crippen molar-refractivity contribution in [2.24, 2.45) is 0 Å². The molecule has 9 nitrogen and oxygen atoms in total. The Labute approximate surface area is 217 Å². The minimum Gasteiger partial charge on any atom is -0.480 e. The molecule has 0 bridgehead atoms. The lowest BCUT2D eigenvalue weighted by Crippen LogP contribution is -2.47. The second kappa shape index (κ2) is 23.3. The number of aliphatic hydroxyl groups excluding tert-OH is 1. The Morgan fingerprint density at radius 1 is 0.722 bits per heavy atom. The molecule has 0 aliphatic heterocycles. The Kier molecular flexibility index (Phi) is 21.9. The molecule has 36 heavy (non-hydrogen) atoms. The first-order valence-corrected chi connectivity index (χ1v) is 13.9. The fourth-order valence-corrected chi connectivity index (χ4v) is 3.87. The third kappa shape index (κ3) is 20.1. The van der Waals surface area contributed by atoms with Crippen molar-refractivity contribution in [1.82, 2.24) is 10.6 Å². The zero-order valence-electron chi connectivity index (χ0n) is 22.5. The summed E-state index contributed by atoms with van der Waals surface area (Å²) < 4.78 is 5.74. The van der Waals surface area contributed by atoms with Crippen LogP contribution in [0.1, 0.15) is 123 Å². The standard InChI is InChI=1S/C27H50N2O7/c1-3-5-7-8-9-10-11-15-19-26(33)36-22(16-6-4-2)17-13-12-14-18-24(31)28-20-25(32)29-23(21-30)27(34)35/h22-23,30H,3-21H2,1-2H3,(H,28,31)(H,29,32)(H,34,35). The molecule has 0 aliphatic carbocycles. The second-order valence-corrected chi connectivity index (χ2v) is 9.50. The third-order valence-corrected chi connectivity index (χ3v) is 6.10. The molecule has 4 N–H and O–H groups in total. The number of aliphatic carboxylic acids is 1. The fourth-order valence-electron chi connectivity index (χ4n) is 3.87. The van der Waals surface area contributed by atoms with Gasteiger partial charge in [-0.05, 0) is 32.1 Å². The molecule has 2 atom stereocenters. The van der Waals surface area contributed by atoms with Gasteiger partial charge in [0.25, 0.3) is 0 Å². The SMILES string of the molecule is CCCCCCCCCCC(=O)OC(CCCC)CCCCCC(=O)NCC(=O)NC(CO)C(=O)O. The molecule has 9 heteroatoms. The van der Waals surface area contributed by atoms with E-state index in [2.05, 4.69) is 24.5 Å². The Hall–Kier alpha value is -2.16. The number of hydrogen-bond donors (Lipinski definition) is 4. The minimum atomic E-state index is -1.38. The average molecular weight is 515 g/mol. The van der Waals surface area contributed by atoms with Gasteiger partial charge in [0.15, 0.2) is 0 Å². The van der Waals surface area contributed by atoms with Gasteiger partial charge in [-0.25, -0.2) is 4.79 Å². The molecule has 0 saturated carbocycles. The molecule has 2 unspecified atom stereocenters. The first-order valence-electron chi connectivity index (χ1n) is 13.9. The highest BCUT2D eigenvalue weighted by molar-refractivity contribution is 5.87. The molecule has 0 aromatic carbocycles. The summed E-state index contributed by atoms with van der Waals surface area (Å²) in [5, 5.41) is 22.3. The summed E-state index contributed by atoms with van der Waals surface area (Å²) in [4.78, 5) is 46.6. The molecule has 0 heterocycles. The topological polar surface area (TPSA) is 142 Å². The normalized spacial score (nSPS) is 12.5. The number of carbonyl (C=O) groups is 4. The van der Waals surface area contributed by atoms with Gasteiger partial charge in [0.05, 0.1) is 13.2 Å². The number of amides is 2. The summed E-state index contributed by atoms with van der Waals surface area (Å²) in [6.07, 6.45) is 16.2. The summed E-state index contributed by atoms with van der Waals surface area (Å²) in [7, 11) is 0. The number of hydrogen-bond acceptors (Lipinski definition) is 6. The van der Waals surface area contributed by atoms with E-state index in [4.69, 9.17) is 14.9 Å². The van der Waals surface area contributed by atoms with Gasteiger partial charge < -0.3 is 25.6 Å². The highest BCUT2D eigenvalue weighted by Gasteiger charge is 2.19. The molecule has 0 aliphatic rings. The van der Waals surface area contributed by atoms with E-state index in [9.17, 15) is 19.2 Å². The van der Waals surface area contributed by atoms with Gasteiger partial charge in [0.2, 0.25) is 11.8 Å². The van der Waals surface area contributed by atoms with Crippen LogP contribution in [0.25, 0.3) is 0 Å². The predicted molar refractivity (Wildman–Crippen MR) is 139 cm³/mol. The molecule has 210 valence electrons. The number of ether oxygens (including phenoxy) is 1. The smallest absolute Gasteiger partial charge is 0.328 e. The van der Waals surface area contributed by atoms with Crippen molar-refractivity contribution in [3.05, 3.63) is 0 Å². The van der Waals surface area contributed by atoms with E-state index >= 15 is 0 Å². The van der Waals surface area contributed by atoms with Crippen molar-refractivity contribution >= 4 is 23.8 Å². The Balaban J connectivity index is 4.02. The van der Waals surface area contributed by atoms with Gasteiger partial charge in [0.1, 0.15) is 12.1 Å². The first kappa shape index (κ1) is 33.8. The zero-order valence-corrected chi connectivity index (χ0v) is 22.5. The number of carbonyl (C=O) groups excluding carboxylic acids is 3. The quantitative estimate of drug-likeness (QED) is 0.111. The summed E-state index contributed by atoms with van der Waals surface area (Å²) in [5.74, 6) is -2.41. The molecular weight excluding hydrogens is 464 g/mol. The van der Waals surface area contributed by atoms with E-state index in [1.807, 2.05) is 0 Å².